The van der Waals surface area contributed by atoms with Crippen LogP contribution in [0.25, 0.3) is 11.5 Å². The summed E-state index contributed by atoms with van der Waals surface area (Å²) in [7, 11) is -2.99. The molecule has 1 aliphatic rings. The first kappa shape index (κ1) is 20.9. The maximum Gasteiger partial charge on any atom is 0.226 e. The lowest BCUT2D eigenvalue weighted by Gasteiger charge is -2.10. The van der Waals surface area contributed by atoms with Crippen LogP contribution < -0.4 is 0 Å². The van der Waals surface area contributed by atoms with E-state index in [9.17, 15) is 8.42 Å². The van der Waals surface area contributed by atoms with Crippen molar-refractivity contribution >= 4 is 21.6 Å². The fraction of sp³-hybridized carbons (Fsp3) is 0.381. The van der Waals surface area contributed by atoms with E-state index >= 15 is 0 Å². The number of rotatable bonds is 7. The zero-order chi connectivity index (χ0) is 21.3. The minimum Gasteiger partial charge on any atom is -0.444 e. The van der Waals surface area contributed by atoms with Gasteiger partial charge in [-0.1, -0.05) is 35.5 Å². The molecule has 0 bridgehead atoms. The Hall–Kier alpha value is -2.39. The van der Waals surface area contributed by atoms with Crippen LogP contribution in [0, 0.1) is 13.8 Å². The minimum atomic E-state index is -2.99. The summed E-state index contributed by atoms with van der Waals surface area (Å²) in [6.45, 7) is 8.45. The molecule has 1 saturated heterocycles. The molecule has 1 fully saturated rings. The second-order valence-electron chi connectivity index (χ2n) is 7.59. The SMILES string of the molecule is C=CCn1c(SCc2coc(-c3ccc(C)cc3C)n2)nnc1[C@@H]1CCS(=O)(=O)C1. The van der Waals surface area contributed by atoms with Crippen molar-refractivity contribution in [2.24, 2.45) is 0 Å². The van der Waals surface area contributed by atoms with Crippen LogP contribution in [0.2, 0.25) is 0 Å². The summed E-state index contributed by atoms with van der Waals surface area (Å²) < 4.78 is 31.4. The minimum absolute atomic E-state index is 0.111. The van der Waals surface area contributed by atoms with E-state index in [4.69, 9.17) is 4.42 Å². The average molecular weight is 445 g/mol. The van der Waals surface area contributed by atoms with Crippen LogP contribution in [0.1, 0.15) is 35.0 Å². The summed E-state index contributed by atoms with van der Waals surface area (Å²) in [5.74, 6) is 2.13. The lowest BCUT2D eigenvalue weighted by Crippen LogP contribution is -2.11. The second kappa shape index (κ2) is 8.39. The van der Waals surface area contributed by atoms with Crippen molar-refractivity contribution < 1.29 is 12.8 Å². The molecule has 1 aliphatic heterocycles. The van der Waals surface area contributed by atoms with Crippen LogP contribution in [0.15, 0.2) is 46.7 Å². The number of sulfone groups is 1. The maximum atomic E-state index is 11.9. The van der Waals surface area contributed by atoms with Gasteiger partial charge in [0, 0.05) is 23.8 Å². The van der Waals surface area contributed by atoms with Crippen molar-refractivity contribution in [2.75, 3.05) is 11.5 Å². The lowest BCUT2D eigenvalue weighted by molar-refractivity contribution is 0.573. The van der Waals surface area contributed by atoms with Gasteiger partial charge in [0.1, 0.15) is 12.1 Å². The lowest BCUT2D eigenvalue weighted by atomic mass is 10.1. The summed E-state index contributed by atoms with van der Waals surface area (Å²) in [6.07, 6.45) is 4.03. The highest BCUT2D eigenvalue weighted by molar-refractivity contribution is 7.98. The molecule has 0 spiro atoms. The van der Waals surface area contributed by atoms with E-state index in [0.29, 0.717) is 24.6 Å². The summed E-state index contributed by atoms with van der Waals surface area (Å²) in [5.41, 5.74) is 4.12. The number of oxazole rings is 1. The van der Waals surface area contributed by atoms with Crippen LogP contribution in [0.5, 0.6) is 0 Å². The summed E-state index contributed by atoms with van der Waals surface area (Å²) in [4.78, 5) is 4.62. The van der Waals surface area contributed by atoms with Crippen LogP contribution in [-0.2, 0) is 22.1 Å². The van der Waals surface area contributed by atoms with E-state index in [1.54, 1.807) is 12.3 Å². The van der Waals surface area contributed by atoms with Crippen LogP contribution in [0.3, 0.4) is 0 Å². The molecular weight excluding hydrogens is 420 g/mol. The Labute approximate surface area is 180 Å². The van der Waals surface area contributed by atoms with E-state index < -0.39 is 9.84 Å². The van der Waals surface area contributed by atoms with Gasteiger partial charge in [0.05, 0.1) is 17.2 Å². The molecule has 1 aromatic carbocycles. The van der Waals surface area contributed by atoms with Crippen LogP contribution >= 0.6 is 11.8 Å². The molecule has 0 radical (unpaired) electrons. The highest BCUT2D eigenvalue weighted by atomic mass is 32.2. The molecule has 0 saturated carbocycles. The summed E-state index contributed by atoms with van der Waals surface area (Å²) in [5, 5.41) is 9.34. The number of aryl methyl sites for hydroxylation is 2. The largest absolute Gasteiger partial charge is 0.444 e. The maximum absolute atomic E-state index is 11.9. The molecule has 4 rings (SSSR count). The van der Waals surface area contributed by atoms with E-state index in [-0.39, 0.29) is 17.4 Å². The van der Waals surface area contributed by atoms with Gasteiger partial charge < -0.3 is 8.98 Å². The number of hydrogen-bond acceptors (Lipinski definition) is 7. The number of nitrogens with zero attached hydrogens (tertiary/aromatic N) is 4. The van der Waals surface area contributed by atoms with Gasteiger partial charge in [0.2, 0.25) is 5.89 Å². The van der Waals surface area contributed by atoms with Gasteiger partial charge >= 0.3 is 0 Å². The molecule has 1 atom stereocenters. The topological polar surface area (TPSA) is 90.9 Å². The second-order valence-corrected chi connectivity index (χ2v) is 10.8. The summed E-state index contributed by atoms with van der Waals surface area (Å²) in [6, 6.07) is 6.18. The highest BCUT2D eigenvalue weighted by Gasteiger charge is 2.33. The highest BCUT2D eigenvalue weighted by Crippen LogP contribution is 2.31. The third-order valence-corrected chi connectivity index (χ3v) is 7.94. The molecule has 0 N–H and O–H groups in total. The van der Waals surface area contributed by atoms with Gasteiger partial charge in [-0.25, -0.2) is 13.4 Å². The van der Waals surface area contributed by atoms with Crippen LogP contribution in [-0.4, -0.2) is 39.7 Å². The first-order chi connectivity index (χ1) is 14.4. The average Bonchev–Trinajstić information content (AvgIpc) is 3.39. The Morgan fingerprint density at radius 3 is 2.87 bits per heavy atom. The fourth-order valence-electron chi connectivity index (χ4n) is 3.70. The zero-order valence-electron chi connectivity index (χ0n) is 17.0. The van der Waals surface area contributed by atoms with Crippen LogP contribution in [0.4, 0.5) is 0 Å². The predicted octanol–water partition coefficient (Wildman–Crippen LogP) is 3.93. The Bertz CT molecular complexity index is 1180. The number of benzene rings is 1. The molecule has 3 aromatic rings. The summed E-state index contributed by atoms with van der Waals surface area (Å²) >= 11 is 1.50. The molecule has 2 aromatic heterocycles. The Balaban J connectivity index is 1.50. The molecule has 0 aliphatic carbocycles. The number of aromatic nitrogens is 4. The van der Waals surface area contributed by atoms with Crippen molar-refractivity contribution in [1.29, 1.82) is 0 Å². The number of thioether (sulfide) groups is 1. The predicted molar refractivity (Wildman–Crippen MR) is 117 cm³/mol. The Kier molecular flexibility index (Phi) is 5.84. The molecule has 7 nitrogen and oxygen atoms in total. The smallest absolute Gasteiger partial charge is 0.226 e. The monoisotopic (exact) mass is 444 g/mol. The molecule has 158 valence electrons. The Morgan fingerprint density at radius 1 is 1.33 bits per heavy atom. The molecule has 0 amide bonds. The Morgan fingerprint density at radius 2 is 2.17 bits per heavy atom. The quantitative estimate of drug-likeness (QED) is 0.403. The first-order valence-corrected chi connectivity index (χ1v) is 12.6. The van der Waals surface area contributed by atoms with Crippen molar-refractivity contribution in [3.63, 3.8) is 0 Å². The van der Waals surface area contributed by atoms with Gasteiger partial charge in [-0.3, -0.25) is 0 Å². The number of allylic oxidation sites excluding steroid dienone is 1. The van der Waals surface area contributed by atoms with Gasteiger partial charge in [0.15, 0.2) is 15.0 Å². The van der Waals surface area contributed by atoms with Crippen molar-refractivity contribution in [2.45, 2.75) is 43.6 Å². The third kappa shape index (κ3) is 4.37. The van der Waals surface area contributed by atoms with Gasteiger partial charge in [-0.05, 0) is 31.9 Å². The van der Waals surface area contributed by atoms with Crippen molar-refractivity contribution in [3.8, 4) is 11.5 Å². The van der Waals surface area contributed by atoms with Gasteiger partial charge in [-0.15, -0.1) is 16.8 Å². The molecule has 9 heteroatoms. The molecular formula is C21H24N4O3S2. The molecule has 30 heavy (non-hydrogen) atoms. The fourth-order valence-corrected chi connectivity index (χ4v) is 6.27. The first-order valence-electron chi connectivity index (χ1n) is 9.75. The van der Waals surface area contributed by atoms with Crippen molar-refractivity contribution in [1.82, 2.24) is 19.7 Å². The molecule has 0 unspecified atom stereocenters. The van der Waals surface area contributed by atoms with E-state index in [1.807, 2.05) is 23.6 Å². The zero-order valence-corrected chi connectivity index (χ0v) is 18.7. The van der Waals surface area contributed by atoms with Crippen molar-refractivity contribution in [3.05, 3.63) is 59.8 Å². The van der Waals surface area contributed by atoms with Gasteiger partial charge in [-0.2, -0.15) is 0 Å². The van der Waals surface area contributed by atoms with Gasteiger partial charge in [0.25, 0.3) is 0 Å². The van der Waals surface area contributed by atoms with E-state index in [1.165, 1.54) is 17.3 Å². The number of hydrogen-bond donors (Lipinski definition) is 0. The molecule has 3 heterocycles. The standard InChI is InChI=1S/C21H24N4O3S2/c1-4-8-25-19(16-7-9-30(26,27)13-16)23-24-21(25)29-12-17-11-28-20(22-17)18-6-5-14(2)10-15(18)3/h4-6,10-11,16H,1,7-9,12-13H2,2-3H3/t16-/m1/s1. The normalized spacial score (nSPS) is 18.0. The van der Waals surface area contributed by atoms with E-state index in [2.05, 4.69) is 34.8 Å². The third-order valence-electron chi connectivity index (χ3n) is 5.17. The van der Waals surface area contributed by atoms with E-state index in [0.717, 1.165) is 27.8 Å².